The molecule has 0 aromatic heterocycles. The van der Waals surface area contributed by atoms with Gasteiger partial charge in [0.1, 0.15) is 17.7 Å². The van der Waals surface area contributed by atoms with Crippen LogP contribution in [0.3, 0.4) is 0 Å². The molecule has 3 unspecified atom stereocenters. The van der Waals surface area contributed by atoms with Gasteiger partial charge in [0.15, 0.2) is 0 Å². The largest absolute Gasteiger partial charge is 0.508 e. The zero-order valence-electron chi connectivity index (χ0n) is 13.5. The van der Waals surface area contributed by atoms with Crippen molar-refractivity contribution in [1.29, 1.82) is 0 Å². The topological polar surface area (TPSA) is 101 Å². The third kappa shape index (κ3) is 4.36. The van der Waals surface area contributed by atoms with E-state index in [4.69, 9.17) is 0 Å². The highest BCUT2D eigenvalue weighted by Crippen LogP contribution is 2.33. The van der Waals surface area contributed by atoms with E-state index in [0.717, 1.165) is 6.42 Å². The molecule has 3 atom stereocenters. The molecule has 2 rings (SSSR count). The van der Waals surface area contributed by atoms with Gasteiger partial charge in [-0.25, -0.2) is 0 Å². The molecule has 0 saturated carbocycles. The summed E-state index contributed by atoms with van der Waals surface area (Å²) in [6, 6.07) is 4.14. The van der Waals surface area contributed by atoms with Crippen molar-refractivity contribution in [2.75, 3.05) is 6.61 Å². The number of benzene rings is 1. The maximum absolute atomic E-state index is 12.3. The van der Waals surface area contributed by atoms with Crippen molar-refractivity contribution in [3.05, 3.63) is 23.8 Å². The van der Waals surface area contributed by atoms with Gasteiger partial charge in [-0.1, -0.05) is 19.9 Å². The summed E-state index contributed by atoms with van der Waals surface area (Å²) in [6.07, 6.45) is 0.483. The number of aromatic hydroxyl groups is 2. The Balaban J connectivity index is 1.93. The standard InChI is InChI=1S/C17H25NO5/c1-10(2)5-14-17(23)18(14)16(22)7-11(9-19)6-12-3-4-13(20)8-15(12)21/h3-4,8,10-11,14,17,19-21,23H,5-7,9H2,1-2H3. The van der Waals surface area contributed by atoms with E-state index >= 15 is 0 Å². The number of carbonyl (C=O) groups is 1. The van der Waals surface area contributed by atoms with Gasteiger partial charge < -0.3 is 25.3 Å². The van der Waals surface area contributed by atoms with Crippen LogP contribution in [0.15, 0.2) is 18.2 Å². The van der Waals surface area contributed by atoms with Crippen molar-refractivity contribution in [1.82, 2.24) is 4.90 Å². The average molecular weight is 323 g/mol. The van der Waals surface area contributed by atoms with E-state index in [1.54, 1.807) is 6.07 Å². The van der Waals surface area contributed by atoms with Crippen LogP contribution < -0.4 is 0 Å². The van der Waals surface area contributed by atoms with Gasteiger partial charge in [-0.15, -0.1) is 0 Å². The van der Waals surface area contributed by atoms with Crippen molar-refractivity contribution in [3.63, 3.8) is 0 Å². The Morgan fingerprint density at radius 2 is 2.00 bits per heavy atom. The van der Waals surface area contributed by atoms with E-state index in [2.05, 4.69) is 0 Å². The molecule has 4 N–H and O–H groups in total. The predicted octanol–water partition coefficient (Wildman–Crippen LogP) is 1.21. The van der Waals surface area contributed by atoms with Crippen LogP contribution in [0.25, 0.3) is 0 Å². The highest BCUT2D eigenvalue weighted by atomic mass is 16.3. The number of carbonyl (C=O) groups excluding carboxylic acids is 1. The quantitative estimate of drug-likeness (QED) is 0.565. The first-order chi connectivity index (χ1) is 10.8. The van der Waals surface area contributed by atoms with Crippen LogP contribution >= 0.6 is 0 Å². The minimum absolute atomic E-state index is 0.0355. The number of amides is 1. The number of phenolic OH excluding ortho intramolecular Hbond substituents is 2. The molecule has 1 aromatic carbocycles. The fourth-order valence-corrected chi connectivity index (χ4v) is 2.91. The lowest BCUT2D eigenvalue weighted by atomic mass is 9.96. The Hall–Kier alpha value is -1.79. The summed E-state index contributed by atoms with van der Waals surface area (Å²) in [6.45, 7) is 3.89. The fraction of sp³-hybridized carbons (Fsp3) is 0.588. The van der Waals surface area contributed by atoms with Gasteiger partial charge in [-0.05, 0) is 36.3 Å². The Labute approximate surface area is 136 Å². The molecule has 128 valence electrons. The number of nitrogens with zero attached hydrogens (tertiary/aromatic N) is 1. The number of hydrogen-bond acceptors (Lipinski definition) is 5. The number of rotatable bonds is 7. The summed E-state index contributed by atoms with van der Waals surface area (Å²) in [5, 5.41) is 38.4. The summed E-state index contributed by atoms with van der Waals surface area (Å²) in [4.78, 5) is 13.7. The molecular weight excluding hydrogens is 298 g/mol. The van der Waals surface area contributed by atoms with Gasteiger partial charge >= 0.3 is 0 Å². The van der Waals surface area contributed by atoms with Crippen LogP contribution in [0.4, 0.5) is 0 Å². The highest BCUT2D eigenvalue weighted by Gasteiger charge is 2.49. The molecule has 0 radical (unpaired) electrons. The van der Waals surface area contributed by atoms with Crippen molar-refractivity contribution in [2.45, 2.75) is 45.4 Å². The lowest BCUT2D eigenvalue weighted by molar-refractivity contribution is -0.129. The first kappa shape index (κ1) is 17.6. The third-order valence-corrected chi connectivity index (χ3v) is 4.20. The first-order valence-corrected chi connectivity index (χ1v) is 7.94. The van der Waals surface area contributed by atoms with Crippen LogP contribution in [-0.2, 0) is 11.2 Å². The van der Waals surface area contributed by atoms with Crippen molar-refractivity contribution in [2.24, 2.45) is 11.8 Å². The smallest absolute Gasteiger partial charge is 0.225 e. The predicted molar refractivity (Wildman–Crippen MR) is 84.8 cm³/mol. The number of aliphatic hydroxyl groups is 2. The average Bonchev–Trinajstić information content (AvgIpc) is 3.09. The molecular formula is C17H25NO5. The maximum atomic E-state index is 12.3. The zero-order valence-corrected chi connectivity index (χ0v) is 13.5. The number of phenols is 2. The SMILES string of the molecule is CC(C)CC1C(O)N1C(=O)CC(CO)Cc1ccc(O)cc1O. The lowest BCUT2D eigenvalue weighted by Gasteiger charge is -2.15. The molecule has 1 aliphatic heterocycles. The van der Waals surface area contributed by atoms with Gasteiger partial charge in [0, 0.05) is 19.1 Å². The molecule has 1 aromatic rings. The zero-order chi connectivity index (χ0) is 17.1. The summed E-state index contributed by atoms with van der Waals surface area (Å²) >= 11 is 0. The molecule has 1 fully saturated rings. The van der Waals surface area contributed by atoms with Crippen LogP contribution in [0, 0.1) is 11.8 Å². The van der Waals surface area contributed by atoms with Gasteiger partial charge in [-0.2, -0.15) is 0 Å². The van der Waals surface area contributed by atoms with E-state index in [0.29, 0.717) is 17.9 Å². The second kappa shape index (κ2) is 7.19. The number of aliphatic hydroxyl groups excluding tert-OH is 2. The van der Waals surface area contributed by atoms with Crippen LogP contribution in [0.5, 0.6) is 11.5 Å². The normalized spacial score (nSPS) is 21.5. The Kier molecular flexibility index (Phi) is 5.49. The number of hydrogen-bond donors (Lipinski definition) is 4. The molecule has 6 heteroatoms. The van der Waals surface area contributed by atoms with Crippen LogP contribution in [-0.4, -0.2) is 50.1 Å². The molecule has 6 nitrogen and oxygen atoms in total. The molecule has 0 aliphatic carbocycles. The minimum atomic E-state index is -0.716. The molecule has 23 heavy (non-hydrogen) atoms. The molecule has 0 spiro atoms. The molecule has 1 aliphatic rings. The summed E-state index contributed by atoms with van der Waals surface area (Å²) < 4.78 is 0. The first-order valence-electron chi connectivity index (χ1n) is 7.94. The second-order valence-electron chi connectivity index (χ2n) is 6.68. The van der Waals surface area contributed by atoms with Crippen LogP contribution in [0.2, 0.25) is 0 Å². The highest BCUT2D eigenvalue weighted by molar-refractivity contribution is 5.79. The van der Waals surface area contributed by atoms with E-state index in [9.17, 15) is 25.2 Å². The van der Waals surface area contributed by atoms with Crippen molar-refractivity contribution < 1.29 is 25.2 Å². The van der Waals surface area contributed by atoms with E-state index in [1.807, 2.05) is 13.8 Å². The lowest BCUT2D eigenvalue weighted by Crippen LogP contribution is -2.22. The maximum Gasteiger partial charge on any atom is 0.225 e. The monoisotopic (exact) mass is 323 g/mol. The molecule has 1 heterocycles. The van der Waals surface area contributed by atoms with Gasteiger partial charge in [-0.3, -0.25) is 4.79 Å². The van der Waals surface area contributed by atoms with E-state index < -0.39 is 6.23 Å². The fourth-order valence-electron chi connectivity index (χ4n) is 2.91. The third-order valence-electron chi connectivity index (χ3n) is 4.20. The van der Waals surface area contributed by atoms with E-state index in [1.165, 1.54) is 17.0 Å². The van der Waals surface area contributed by atoms with Gasteiger partial charge in [0.2, 0.25) is 5.91 Å². The summed E-state index contributed by atoms with van der Waals surface area (Å²) in [7, 11) is 0. The molecule has 0 bridgehead atoms. The van der Waals surface area contributed by atoms with Gasteiger partial charge in [0.05, 0.1) is 6.04 Å². The van der Waals surface area contributed by atoms with Gasteiger partial charge in [0.25, 0.3) is 0 Å². The molecule has 1 saturated heterocycles. The Morgan fingerprint density at radius 3 is 2.57 bits per heavy atom. The summed E-state index contributed by atoms with van der Waals surface area (Å²) in [5.74, 6) is -0.215. The second-order valence-corrected chi connectivity index (χ2v) is 6.68. The summed E-state index contributed by atoms with van der Waals surface area (Å²) in [5.41, 5.74) is 0.569. The van der Waals surface area contributed by atoms with Crippen molar-refractivity contribution in [3.8, 4) is 11.5 Å². The van der Waals surface area contributed by atoms with Crippen molar-refractivity contribution >= 4 is 5.91 Å². The Morgan fingerprint density at radius 1 is 1.30 bits per heavy atom. The van der Waals surface area contributed by atoms with Crippen LogP contribution in [0.1, 0.15) is 32.3 Å². The minimum Gasteiger partial charge on any atom is -0.508 e. The molecule has 1 amide bonds. The Bertz CT molecular complexity index is 560. The van der Waals surface area contributed by atoms with E-state index in [-0.39, 0.29) is 42.4 Å².